The topological polar surface area (TPSA) is 36.7 Å². The van der Waals surface area contributed by atoms with Gasteiger partial charge in [0.2, 0.25) is 0 Å². The molecule has 1 atom stereocenters. The van der Waals surface area contributed by atoms with Gasteiger partial charge in [-0.1, -0.05) is 45.4 Å². The zero-order chi connectivity index (χ0) is 12.3. The molecule has 0 amide bonds. The van der Waals surface area contributed by atoms with Gasteiger partial charge in [-0.15, -0.1) is 0 Å². The predicted octanol–water partition coefficient (Wildman–Crippen LogP) is 4.25. The third-order valence-electron chi connectivity index (χ3n) is 3.01. The molecule has 0 saturated heterocycles. The van der Waals surface area contributed by atoms with Crippen LogP contribution in [-0.4, -0.2) is 4.98 Å². The van der Waals surface area contributed by atoms with Crippen LogP contribution in [0.2, 0.25) is 0 Å². The molecule has 1 unspecified atom stereocenters. The fourth-order valence-corrected chi connectivity index (χ4v) is 1.96. The van der Waals surface area contributed by atoms with E-state index in [9.17, 15) is 0 Å². The molecule has 17 heavy (non-hydrogen) atoms. The first-order valence-corrected chi connectivity index (χ1v) is 6.47. The molecule has 0 aliphatic carbocycles. The van der Waals surface area contributed by atoms with Crippen LogP contribution in [0.5, 0.6) is 0 Å². The Kier molecular flexibility index (Phi) is 7.06. The van der Waals surface area contributed by atoms with Crippen LogP contribution in [0.15, 0.2) is 24.5 Å². The lowest BCUT2D eigenvalue weighted by molar-refractivity contribution is 0.581. The Morgan fingerprint density at radius 3 is 2.41 bits per heavy atom. The second kappa shape index (κ2) is 8.75. The fraction of sp³-hybridized carbons (Fsp3) is 0.533. The molecule has 1 radical (unpaired) electrons. The molecule has 91 valence electrons. The first-order chi connectivity index (χ1) is 8.38. The second-order valence-corrected chi connectivity index (χ2v) is 4.37. The number of hydrogen-bond donors (Lipinski definition) is 0. The number of rotatable bonds is 8. The summed E-state index contributed by atoms with van der Waals surface area (Å²) >= 11 is 0. The van der Waals surface area contributed by atoms with Gasteiger partial charge in [-0.05, 0) is 24.1 Å². The van der Waals surface area contributed by atoms with Gasteiger partial charge in [-0.3, -0.25) is 4.98 Å². The highest BCUT2D eigenvalue weighted by Crippen LogP contribution is 2.21. The van der Waals surface area contributed by atoms with E-state index in [2.05, 4.69) is 18.0 Å². The van der Waals surface area contributed by atoms with E-state index in [-0.39, 0.29) is 5.92 Å². The molecule has 0 aliphatic heterocycles. The molecular formula is C15H21N2. The minimum absolute atomic E-state index is 0.0332. The zero-order valence-corrected chi connectivity index (χ0v) is 10.4. The van der Waals surface area contributed by atoms with Crippen molar-refractivity contribution < 1.29 is 0 Å². The normalized spacial score (nSPS) is 12.0. The molecule has 0 aliphatic rings. The van der Waals surface area contributed by atoms with Crippen molar-refractivity contribution in [3.05, 3.63) is 37.0 Å². The van der Waals surface area contributed by atoms with E-state index in [0.717, 1.165) is 24.8 Å². The van der Waals surface area contributed by atoms with Crippen molar-refractivity contribution >= 4 is 0 Å². The van der Waals surface area contributed by atoms with E-state index < -0.39 is 0 Å². The Bertz CT molecular complexity index is 327. The van der Waals surface area contributed by atoms with Gasteiger partial charge in [-0.2, -0.15) is 5.26 Å². The summed E-state index contributed by atoms with van der Waals surface area (Å²) < 4.78 is 0. The van der Waals surface area contributed by atoms with E-state index >= 15 is 0 Å². The smallest absolute Gasteiger partial charge is 0.0713 e. The Labute approximate surface area is 105 Å². The number of aromatic nitrogens is 1. The maximum atomic E-state index is 9.14. The highest BCUT2D eigenvalue weighted by Gasteiger charge is 2.09. The summed E-state index contributed by atoms with van der Waals surface area (Å²) in [6.45, 7) is 3.84. The molecule has 0 saturated carbocycles. The maximum Gasteiger partial charge on any atom is 0.0713 e. The van der Waals surface area contributed by atoms with Crippen LogP contribution in [0, 0.1) is 18.3 Å². The summed E-state index contributed by atoms with van der Waals surface area (Å²) in [4.78, 5) is 3.98. The van der Waals surface area contributed by atoms with Gasteiger partial charge in [0.25, 0.3) is 0 Å². The van der Waals surface area contributed by atoms with Gasteiger partial charge < -0.3 is 0 Å². The van der Waals surface area contributed by atoms with Crippen molar-refractivity contribution in [2.75, 3.05) is 0 Å². The molecule has 0 spiro atoms. The molecule has 2 heteroatoms. The molecule has 0 N–H and O–H groups in total. The lowest BCUT2D eigenvalue weighted by Gasteiger charge is -2.08. The first-order valence-electron chi connectivity index (χ1n) is 6.47. The Morgan fingerprint density at radius 2 is 1.76 bits per heavy atom. The lowest BCUT2D eigenvalue weighted by atomic mass is 9.95. The minimum Gasteiger partial charge on any atom is -0.265 e. The van der Waals surface area contributed by atoms with Crippen LogP contribution in [0.4, 0.5) is 0 Å². The van der Waals surface area contributed by atoms with E-state index in [1.165, 1.54) is 25.7 Å². The average molecular weight is 229 g/mol. The Hall–Kier alpha value is -1.36. The Morgan fingerprint density at radius 1 is 1.12 bits per heavy atom. The molecule has 2 nitrogen and oxygen atoms in total. The third kappa shape index (κ3) is 5.49. The molecule has 0 fully saturated rings. The van der Waals surface area contributed by atoms with Gasteiger partial charge >= 0.3 is 0 Å². The van der Waals surface area contributed by atoms with Crippen molar-refractivity contribution in [1.29, 1.82) is 5.26 Å². The third-order valence-corrected chi connectivity index (χ3v) is 3.01. The number of unbranched alkanes of at least 4 members (excludes halogenated alkanes) is 5. The molecule has 1 rings (SSSR count). The van der Waals surface area contributed by atoms with Crippen molar-refractivity contribution in [2.24, 2.45) is 0 Å². The molecule has 1 aromatic rings. The molecule has 1 aromatic heterocycles. The average Bonchev–Trinajstić information content (AvgIpc) is 2.39. The summed E-state index contributed by atoms with van der Waals surface area (Å²) in [7, 11) is 0. The van der Waals surface area contributed by atoms with Gasteiger partial charge in [0, 0.05) is 12.4 Å². The highest BCUT2D eigenvalue weighted by molar-refractivity contribution is 5.21. The maximum absolute atomic E-state index is 9.14. The number of nitriles is 1. The fourth-order valence-electron chi connectivity index (χ4n) is 1.96. The Balaban J connectivity index is 2.23. The van der Waals surface area contributed by atoms with Gasteiger partial charge in [0.1, 0.15) is 0 Å². The van der Waals surface area contributed by atoms with Crippen LogP contribution >= 0.6 is 0 Å². The standard InChI is InChI=1S/C15H21N2/c1-2-3-4-5-6-7-8-15(13-16)14-9-11-17-12-10-14/h9-12,15H,1-8H2. The molecular weight excluding hydrogens is 208 g/mol. The molecule has 1 heterocycles. The van der Waals surface area contributed by atoms with Crippen LogP contribution < -0.4 is 0 Å². The van der Waals surface area contributed by atoms with Crippen LogP contribution in [-0.2, 0) is 0 Å². The number of pyridine rings is 1. The summed E-state index contributed by atoms with van der Waals surface area (Å²) in [5.74, 6) is 0.0332. The largest absolute Gasteiger partial charge is 0.265 e. The summed E-state index contributed by atoms with van der Waals surface area (Å²) in [6.07, 6.45) is 11.7. The van der Waals surface area contributed by atoms with Crippen molar-refractivity contribution in [1.82, 2.24) is 4.98 Å². The molecule has 0 aromatic carbocycles. The minimum atomic E-state index is 0.0332. The SMILES string of the molecule is [CH2]CCCCCCCC(C#N)c1ccncc1. The number of nitrogens with zero attached hydrogens (tertiary/aromatic N) is 2. The van der Waals surface area contributed by atoms with E-state index in [4.69, 9.17) is 5.26 Å². The second-order valence-electron chi connectivity index (χ2n) is 4.37. The zero-order valence-electron chi connectivity index (χ0n) is 10.4. The van der Waals surface area contributed by atoms with Gasteiger partial charge in [0.05, 0.1) is 12.0 Å². The van der Waals surface area contributed by atoms with Crippen molar-refractivity contribution in [3.8, 4) is 6.07 Å². The number of hydrogen-bond acceptors (Lipinski definition) is 2. The van der Waals surface area contributed by atoms with Gasteiger partial charge in [0.15, 0.2) is 0 Å². The van der Waals surface area contributed by atoms with Crippen LogP contribution in [0.3, 0.4) is 0 Å². The summed E-state index contributed by atoms with van der Waals surface area (Å²) in [5, 5.41) is 9.14. The van der Waals surface area contributed by atoms with Crippen LogP contribution in [0.1, 0.15) is 56.4 Å². The van der Waals surface area contributed by atoms with Crippen molar-refractivity contribution in [3.63, 3.8) is 0 Å². The summed E-state index contributed by atoms with van der Waals surface area (Å²) in [6, 6.07) is 6.26. The molecule has 0 bridgehead atoms. The van der Waals surface area contributed by atoms with E-state index in [0.29, 0.717) is 0 Å². The monoisotopic (exact) mass is 229 g/mol. The van der Waals surface area contributed by atoms with E-state index in [1.807, 2.05) is 12.1 Å². The lowest BCUT2D eigenvalue weighted by Crippen LogP contribution is -1.96. The highest BCUT2D eigenvalue weighted by atomic mass is 14.6. The van der Waals surface area contributed by atoms with Gasteiger partial charge in [-0.25, -0.2) is 0 Å². The quantitative estimate of drug-likeness (QED) is 0.625. The van der Waals surface area contributed by atoms with E-state index in [1.54, 1.807) is 12.4 Å². The summed E-state index contributed by atoms with van der Waals surface area (Å²) in [5.41, 5.74) is 1.10. The van der Waals surface area contributed by atoms with Crippen molar-refractivity contribution in [2.45, 2.75) is 50.9 Å². The predicted molar refractivity (Wildman–Crippen MR) is 70.3 cm³/mol. The van der Waals surface area contributed by atoms with Crippen LogP contribution in [0.25, 0.3) is 0 Å². The first kappa shape index (κ1) is 13.7.